The number of non-ortho nitro benzene ring substituents is 1. The number of nitro groups is 1. The highest BCUT2D eigenvalue weighted by Crippen LogP contribution is 2.15. The van der Waals surface area contributed by atoms with Gasteiger partial charge in [0.15, 0.2) is 0 Å². The predicted molar refractivity (Wildman–Crippen MR) is 91.3 cm³/mol. The van der Waals surface area contributed by atoms with E-state index in [2.05, 4.69) is 5.10 Å². The molecule has 0 fully saturated rings. The summed E-state index contributed by atoms with van der Waals surface area (Å²) in [5, 5.41) is 15.0. The molecule has 8 heteroatoms. The average Bonchev–Trinajstić information content (AvgIpc) is 2.89. The van der Waals surface area contributed by atoms with E-state index in [9.17, 15) is 14.9 Å². The number of methoxy groups -OCH3 is 1. The summed E-state index contributed by atoms with van der Waals surface area (Å²) in [5.41, 5.74) is 1.18. The van der Waals surface area contributed by atoms with E-state index in [1.807, 2.05) is 0 Å². The first kappa shape index (κ1) is 16.4. The lowest BCUT2D eigenvalue weighted by Gasteiger charge is -2.04. The van der Waals surface area contributed by atoms with Gasteiger partial charge in [-0.3, -0.25) is 10.1 Å². The number of rotatable bonds is 5. The molecule has 0 N–H and O–H groups in total. The van der Waals surface area contributed by atoms with Gasteiger partial charge in [0.1, 0.15) is 11.6 Å². The van der Waals surface area contributed by atoms with Gasteiger partial charge >= 0.3 is 5.69 Å². The molecule has 3 aromatic rings. The molecule has 0 saturated heterocycles. The van der Waals surface area contributed by atoms with Gasteiger partial charge in [-0.15, -0.1) is 0 Å². The molecule has 0 saturated carbocycles. The van der Waals surface area contributed by atoms with Crippen LogP contribution in [0.5, 0.6) is 5.75 Å². The number of nitro benzene ring substituents is 1. The maximum Gasteiger partial charge on any atom is 0.350 e. The molecule has 2 aromatic carbocycles. The SMILES string of the molecule is COc1ccc(-n2c(C)nn(Cc3ccc([N+](=O)[O-])cc3)c2=O)cc1. The smallest absolute Gasteiger partial charge is 0.350 e. The van der Waals surface area contributed by atoms with Crippen LogP contribution in [-0.4, -0.2) is 26.4 Å². The van der Waals surface area contributed by atoms with Gasteiger partial charge in [-0.25, -0.2) is 14.0 Å². The Labute approximate surface area is 143 Å². The van der Waals surface area contributed by atoms with Crippen LogP contribution in [0.15, 0.2) is 53.3 Å². The van der Waals surface area contributed by atoms with Crippen LogP contribution in [0, 0.1) is 17.0 Å². The van der Waals surface area contributed by atoms with Crippen molar-refractivity contribution in [2.45, 2.75) is 13.5 Å². The summed E-state index contributed by atoms with van der Waals surface area (Å²) in [6, 6.07) is 13.2. The van der Waals surface area contributed by atoms with E-state index in [-0.39, 0.29) is 17.9 Å². The Balaban J connectivity index is 1.91. The quantitative estimate of drug-likeness (QED) is 0.525. The lowest BCUT2D eigenvalue weighted by Crippen LogP contribution is -2.24. The van der Waals surface area contributed by atoms with E-state index < -0.39 is 4.92 Å². The van der Waals surface area contributed by atoms with Gasteiger partial charge in [0.2, 0.25) is 0 Å². The van der Waals surface area contributed by atoms with Crippen LogP contribution in [0.4, 0.5) is 5.69 Å². The molecule has 0 atom stereocenters. The van der Waals surface area contributed by atoms with E-state index in [0.717, 1.165) is 5.56 Å². The van der Waals surface area contributed by atoms with E-state index in [0.29, 0.717) is 17.3 Å². The van der Waals surface area contributed by atoms with Crippen LogP contribution in [-0.2, 0) is 6.54 Å². The fourth-order valence-electron chi connectivity index (χ4n) is 2.54. The molecule has 25 heavy (non-hydrogen) atoms. The minimum atomic E-state index is -0.460. The number of nitrogens with zero attached hydrogens (tertiary/aromatic N) is 4. The van der Waals surface area contributed by atoms with E-state index in [1.54, 1.807) is 50.4 Å². The van der Waals surface area contributed by atoms with Gasteiger partial charge in [-0.05, 0) is 36.8 Å². The second-order valence-electron chi connectivity index (χ2n) is 5.44. The van der Waals surface area contributed by atoms with Crippen LogP contribution in [0.3, 0.4) is 0 Å². The molecule has 0 amide bonds. The summed E-state index contributed by atoms with van der Waals surface area (Å²) in [7, 11) is 1.58. The Kier molecular flexibility index (Phi) is 4.34. The molecule has 0 spiro atoms. The van der Waals surface area contributed by atoms with Crippen LogP contribution < -0.4 is 10.4 Å². The van der Waals surface area contributed by atoms with Crippen LogP contribution in [0.25, 0.3) is 5.69 Å². The zero-order valence-corrected chi connectivity index (χ0v) is 13.7. The monoisotopic (exact) mass is 340 g/mol. The summed E-state index contributed by atoms with van der Waals surface area (Å²) in [5.74, 6) is 1.25. The third kappa shape index (κ3) is 3.27. The summed E-state index contributed by atoms with van der Waals surface area (Å²) < 4.78 is 7.96. The standard InChI is InChI=1S/C17H16N4O4/c1-12-18-19(11-13-3-5-15(6-4-13)21(23)24)17(22)20(12)14-7-9-16(25-2)10-8-14/h3-10H,11H2,1-2H3. The molecule has 0 aliphatic rings. The Morgan fingerprint density at radius 2 is 1.76 bits per heavy atom. The van der Waals surface area contributed by atoms with Crippen LogP contribution in [0.1, 0.15) is 11.4 Å². The Morgan fingerprint density at radius 3 is 2.32 bits per heavy atom. The fraction of sp³-hybridized carbons (Fsp3) is 0.176. The highest BCUT2D eigenvalue weighted by molar-refractivity contribution is 5.38. The molecular formula is C17H16N4O4. The predicted octanol–water partition coefficient (Wildman–Crippen LogP) is 2.31. The largest absolute Gasteiger partial charge is 0.497 e. The third-order valence-corrected chi connectivity index (χ3v) is 3.81. The number of hydrogen-bond donors (Lipinski definition) is 0. The van der Waals surface area contributed by atoms with Crippen molar-refractivity contribution in [3.63, 3.8) is 0 Å². The summed E-state index contributed by atoms with van der Waals surface area (Å²) in [4.78, 5) is 22.9. The normalized spacial score (nSPS) is 10.6. The Bertz CT molecular complexity index is 956. The summed E-state index contributed by atoms with van der Waals surface area (Å²) in [6.07, 6.45) is 0. The second kappa shape index (κ2) is 6.60. The van der Waals surface area contributed by atoms with E-state index >= 15 is 0 Å². The van der Waals surface area contributed by atoms with E-state index in [1.165, 1.54) is 21.4 Å². The molecule has 0 unspecified atom stereocenters. The number of hydrogen-bond acceptors (Lipinski definition) is 5. The summed E-state index contributed by atoms with van der Waals surface area (Å²) in [6.45, 7) is 1.98. The zero-order chi connectivity index (χ0) is 18.0. The Morgan fingerprint density at radius 1 is 1.12 bits per heavy atom. The summed E-state index contributed by atoms with van der Waals surface area (Å²) >= 11 is 0. The first-order valence-corrected chi connectivity index (χ1v) is 7.54. The first-order valence-electron chi connectivity index (χ1n) is 7.54. The van der Waals surface area contributed by atoms with Gasteiger partial charge in [-0.2, -0.15) is 5.10 Å². The molecule has 8 nitrogen and oxygen atoms in total. The van der Waals surface area contributed by atoms with Crippen molar-refractivity contribution in [2.24, 2.45) is 0 Å². The molecule has 128 valence electrons. The van der Waals surface area contributed by atoms with Gasteiger partial charge in [0.05, 0.1) is 24.3 Å². The van der Waals surface area contributed by atoms with Crippen molar-refractivity contribution in [1.29, 1.82) is 0 Å². The minimum Gasteiger partial charge on any atom is -0.497 e. The van der Waals surface area contributed by atoms with Gasteiger partial charge in [0.25, 0.3) is 5.69 Å². The second-order valence-corrected chi connectivity index (χ2v) is 5.44. The fourth-order valence-corrected chi connectivity index (χ4v) is 2.54. The topological polar surface area (TPSA) is 92.2 Å². The lowest BCUT2D eigenvalue weighted by atomic mass is 10.2. The van der Waals surface area contributed by atoms with Gasteiger partial charge in [0, 0.05) is 12.1 Å². The Hall–Kier alpha value is -3.42. The van der Waals surface area contributed by atoms with Crippen molar-refractivity contribution in [1.82, 2.24) is 14.3 Å². The van der Waals surface area contributed by atoms with Crippen molar-refractivity contribution >= 4 is 5.69 Å². The average molecular weight is 340 g/mol. The van der Waals surface area contributed by atoms with Gasteiger partial charge in [-0.1, -0.05) is 12.1 Å². The number of ether oxygens (including phenoxy) is 1. The molecule has 0 bridgehead atoms. The highest BCUT2D eigenvalue weighted by Gasteiger charge is 2.13. The van der Waals surface area contributed by atoms with Crippen molar-refractivity contribution in [3.8, 4) is 11.4 Å². The number of benzene rings is 2. The van der Waals surface area contributed by atoms with Crippen LogP contribution in [0.2, 0.25) is 0 Å². The van der Waals surface area contributed by atoms with Crippen molar-refractivity contribution < 1.29 is 9.66 Å². The number of aryl methyl sites for hydroxylation is 1. The molecule has 3 rings (SSSR count). The molecule has 1 aromatic heterocycles. The number of aromatic nitrogens is 3. The maximum absolute atomic E-state index is 12.6. The molecule has 0 aliphatic heterocycles. The highest BCUT2D eigenvalue weighted by atomic mass is 16.6. The first-order chi connectivity index (χ1) is 12.0. The molecule has 0 radical (unpaired) electrons. The molecule has 0 aliphatic carbocycles. The van der Waals surface area contributed by atoms with E-state index in [4.69, 9.17) is 4.74 Å². The minimum absolute atomic E-state index is 0.0102. The van der Waals surface area contributed by atoms with Gasteiger partial charge < -0.3 is 4.74 Å². The van der Waals surface area contributed by atoms with Crippen molar-refractivity contribution in [3.05, 3.63) is 80.5 Å². The maximum atomic E-state index is 12.6. The zero-order valence-electron chi connectivity index (χ0n) is 13.7. The third-order valence-electron chi connectivity index (χ3n) is 3.81. The van der Waals surface area contributed by atoms with Crippen LogP contribution >= 0.6 is 0 Å². The molecule has 1 heterocycles. The lowest BCUT2D eigenvalue weighted by molar-refractivity contribution is -0.384. The van der Waals surface area contributed by atoms with Crippen molar-refractivity contribution in [2.75, 3.05) is 7.11 Å². The molecular weight excluding hydrogens is 324 g/mol.